The predicted molar refractivity (Wildman–Crippen MR) is 72.1 cm³/mol. The Morgan fingerprint density at radius 3 is 2.88 bits per heavy atom. The zero-order valence-electron chi connectivity index (χ0n) is 9.56. The maximum atomic E-state index is 11.7. The molecule has 0 saturated carbocycles. The van der Waals surface area contributed by atoms with Crippen molar-refractivity contribution in [3.8, 4) is 0 Å². The number of aliphatic hydroxyl groups is 1. The summed E-state index contributed by atoms with van der Waals surface area (Å²) in [5.74, 6) is 0.539. The van der Waals surface area contributed by atoms with Crippen molar-refractivity contribution < 1.29 is 9.90 Å². The molecule has 0 radical (unpaired) electrons. The highest BCUT2D eigenvalue weighted by molar-refractivity contribution is 9.11. The third kappa shape index (κ3) is 3.53. The molecule has 3 nitrogen and oxygen atoms in total. The van der Waals surface area contributed by atoms with Gasteiger partial charge in [-0.1, -0.05) is 0 Å². The Balaban J connectivity index is 1.64. The number of amides is 1. The van der Waals surface area contributed by atoms with Crippen LogP contribution in [0.5, 0.6) is 0 Å². The van der Waals surface area contributed by atoms with E-state index < -0.39 is 0 Å². The zero-order valence-corrected chi connectivity index (χ0v) is 12.0. The van der Waals surface area contributed by atoms with Gasteiger partial charge < -0.3 is 10.0 Å². The van der Waals surface area contributed by atoms with Gasteiger partial charge in [-0.25, -0.2) is 0 Å². The highest BCUT2D eigenvalue weighted by Gasteiger charge is 2.29. The number of halogens is 1. The van der Waals surface area contributed by atoms with E-state index in [1.165, 1.54) is 4.88 Å². The summed E-state index contributed by atoms with van der Waals surface area (Å²) < 4.78 is 1.15. The van der Waals surface area contributed by atoms with Crippen LogP contribution in [0.15, 0.2) is 15.9 Å². The molecule has 1 N–H and O–H groups in total. The van der Waals surface area contributed by atoms with E-state index in [2.05, 4.69) is 22.0 Å². The summed E-state index contributed by atoms with van der Waals surface area (Å²) in [6.45, 7) is 1.67. The van der Waals surface area contributed by atoms with Gasteiger partial charge in [0.05, 0.1) is 3.79 Å². The average Bonchev–Trinajstić information content (AvgIpc) is 2.63. The quantitative estimate of drug-likeness (QED) is 0.905. The minimum atomic E-state index is 0.201. The molecule has 1 saturated heterocycles. The molecule has 2 heterocycles. The second-order valence-electron chi connectivity index (χ2n) is 4.41. The molecule has 2 rings (SSSR count). The number of carbonyl (C=O) groups excluding carboxylic acids is 1. The minimum Gasteiger partial charge on any atom is -0.396 e. The van der Waals surface area contributed by atoms with Crippen LogP contribution in [0.2, 0.25) is 0 Å². The first kappa shape index (κ1) is 13.1. The van der Waals surface area contributed by atoms with Gasteiger partial charge in [0.1, 0.15) is 0 Å². The van der Waals surface area contributed by atoms with E-state index in [0.29, 0.717) is 12.3 Å². The molecule has 1 amide bonds. The number of aryl methyl sites for hydroxylation is 1. The largest absolute Gasteiger partial charge is 0.396 e. The van der Waals surface area contributed by atoms with Crippen LogP contribution < -0.4 is 0 Å². The van der Waals surface area contributed by atoms with E-state index in [-0.39, 0.29) is 12.5 Å². The standard InChI is InChI=1S/C12H16BrNO2S/c13-11-5-4-10(17-11)2-1-3-12(16)14-6-9(7-14)8-15/h4-5,9,15H,1-3,6-8H2. The van der Waals surface area contributed by atoms with E-state index in [0.717, 1.165) is 29.7 Å². The van der Waals surface area contributed by atoms with E-state index in [1.807, 2.05) is 11.0 Å². The van der Waals surface area contributed by atoms with Crippen LogP contribution in [0.25, 0.3) is 0 Å². The number of likely N-dealkylation sites (tertiary alicyclic amines) is 1. The second-order valence-corrected chi connectivity index (χ2v) is 6.95. The van der Waals surface area contributed by atoms with Gasteiger partial charge in [-0.15, -0.1) is 11.3 Å². The molecule has 1 aliphatic heterocycles. The normalized spacial score (nSPS) is 16.0. The van der Waals surface area contributed by atoms with Crippen molar-refractivity contribution in [2.75, 3.05) is 19.7 Å². The van der Waals surface area contributed by atoms with Gasteiger partial charge >= 0.3 is 0 Å². The molecular weight excluding hydrogens is 302 g/mol. The summed E-state index contributed by atoms with van der Waals surface area (Å²) in [6.07, 6.45) is 2.50. The number of thiophene rings is 1. The summed E-state index contributed by atoms with van der Waals surface area (Å²) in [5, 5.41) is 8.87. The maximum Gasteiger partial charge on any atom is 0.222 e. The van der Waals surface area contributed by atoms with Crippen LogP contribution in [0.3, 0.4) is 0 Å². The third-order valence-corrected chi connectivity index (χ3v) is 4.69. The first-order valence-electron chi connectivity index (χ1n) is 5.82. The van der Waals surface area contributed by atoms with Crippen molar-refractivity contribution in [2.24, 2.45) is 5.92 Å². The molecular formula is C12H16BrNO2S. The first-order chi connectivity index (χ1) is 8.19. The molecule has 0 spiro atoms. The van der Waals surface area contributed by atoms with Crippen LogP contribution in [0, 0.1) is 5.92 Å². The fourth-order valence-corrected chi connectivity index (χ4v) is 3.47. The first-order valence-corrected chi connectivity index (χ1v) is 7.43. The Morgan fingerprint density at radius 2 is 2.29 bits per heavy atom. The lowest BCUT2D eigenvalue weighted by molar-refractivity contribution is -0.138. The molecule has 94 valence electrons. The summed E-state index contributed by atoms with van der Waals surface area (Å²) in [5.41, 5.74) is 0. The number of aliphatic hydroxyl groups excluding tert-OH is 1. The minimum absolute atomic E-state index is 0.201. The maximum absolute atomic E-state index is 11.7. The number of hydrogen-bond donors (Lipinski definition) is 1. The van der Waals surface area contributed by atoms with Gasteiger partial charge in [0.25, 0.3) is 0 Å². The highest BCUT2D eigenvalue weighted by atomic mass is 79.9. The molecule has 17 heavy (non-hydrogen) atoms. The van der Waals surface area contributed by atoms with Crippen LogP contribution in [-0.2, 0) is 11.2 Å². The number of carbonyl (C=O) groups is 1. The Bertz CT molecular complexity index is 388. The smallest absolute Gasteiger partial charge is 0.222 e. The number of rotatable bonds is 5. The lowest BCUT2D eigenvalue weighted by Gasteiger charge is -2.38. The Labute approximate surface area is 114 Å². The summed E-state index contributed by atoms with van der Waals surface area (Å²) in [7, 11) is 0. The Morgan fingerprint density at radius 1 is 1.53 bits per heavy atom. The molecule has 1 aromatic rings. The van der Waals surface area contributed by atoms with Crippen molar-refractivity contribution >= 4 is 33.2 Å². The summed E-state index contributed by atoms with van der Waals surface area (Å²) in [6, 6.07) is 4.15. The molecule has 1 aliphatic rings. The van der Waals surface area contributed by atoms with Gasteiger partial charge in [-0.05, 0) is 40.9 Å². The molecule has 1 fully saturated rings. The monoisotopic (exact) mass is 317 g/mol. The summed E-state index contributed by atoms with van der Waals surface area (Å²) >= 11 is 5.16. The molecule has 0 aromatic carbocycles. The lowest BCUT2D eigenvalue weighted by Crippen LogP contribution is -2.51. The van der Waals surface area contributed by atoms with Crippen LogP contribution >= 0.6 is 27.3 Å². The molecule has 0 unspecified atom stereocenters. The van der Waals surface area contributed by atoms with Gasteiger partial charge in [-0.2, -0.15) is 0 Å². The fraction of sp³-hybridized carbons (Fsp3) is 0.583. The fourth-order valence-electron chi connectivity index (χ4n) is 1.95. The number of nitrogens with zero attached hydrogens (tertiary/aromatic N) is 1. The van der Waals surface area contributed by atoms with Crippen molar-refractivity contribution in [1.82, 2.24) is 4.90 Å². The van der Waals surface area contributed by atoms with Crippen molar-refractivity contribution in [2.45, 2.75) is 19.3 Å². The average molecular weight is 318 g/mol. The van der Waals surface area contributed by atoms with Crippen molar-refractivity contribution in [1.29, 1.82) is 0 Å². The predicted octanol–water partition coefficient (Wildman–Crippen LogP) is 2.28. The topological polar surface area (TPSA) is 40.5 Å². The number of hydrogen-bond acceptors (Lipinski definition) is 3. The van der Waals surface area contributed by atoms with Gasteiger partial charge in [0, 0.05) is 36.9 Å². The van der Waals surface area contributed by atoms with Crippen molar-refractivity contribution in [3.05, 3.63) is 20.8 Å². The Hall–Kier alpha value is -0.390. The molecule has 0 aliphatic carbocycles. The van der Waals surface area contributed by atoms with E-state index in [9.17, 15) is 4.79 Å². The van der Waals surface area contributed by atoms with E-state index >= 15 is 0 Å². The highest BCUT2D eigenvalue weighted by Crippen LogP contribution is 2.24. The lowest BCUT2D eigenvalue weighted by atomic mass is 10.0. The molecule has 0 bridgehead atoms. The van der Waals surface area contributed by atoms with Crippen LogP contribution in [-0.4, -0.2) is 35.6 Å². The van der Waals surface area contributed by atoms with Gasteiger partial charge in [0.15, 0.2) is 0 Å². The van der Waals surface area contributed by atoms with Crippen molar-refractivity contribution in [3.63, 3.8) is 0 Å². The third-order valence-electron chi connectivity index (χ3n) is 3.01. The van der Waals surface area contributed by atoms with Crippen LogP contribution in [0.4, 0.5) is 0 Å². The SMILES string of the molecule is O=C(CCCc1ccc(Br)s1)N1CC(CO)C1. The van der Waals surface area contributed by atoms with Gasteiger partial charge in [-0.3, -0.25) is 4.79 Å². The van der Waals surface area contributed by atoms with Gasteiger partial charge in [0.2, 0.25) is 5.91 Å². The van der Waals surface area contributed by atoms with E-state index in [1.54, 1.807) is 11.3 Å². The van der Waals surface area contributed by atoms with Crippen LogP contribution in [0.1, 0.15) is 17.7 Å². The second kappa shape index (κ2) is 5.98. The zero-order chi connectivity index (χ0) is 12.3. The molecule has 1 aromatic heterocycles. The van der Waals surface area contributed by atoms with E-state index in [4.69, 9.17) is 5.11 Å². The summed E-state index contributed by atoms with van der Waals surface area (Å²) in [4.78, 5) is 14.9. The Kier molecular flexibility index (Phi) is 4.59. The molecule has 5 heteroatoms. The molecule has 0 atom stereocenters.